The Balaban J connectivity index is 1.34. The van der Waals surface area contributed by atoms with Gasteiger partial charge in [0.25, 0.3) is 5.91 Å². The largest absolute Gasteiger partial charge is 0.454 e. The van der Waals surface area contributed by atoms with Crippen molar-refractivity contribution in [3.05, 3.63) is 64.8 Å². The lowest BCUT2D eigenvalue weighted by atomic mass is 9.86. The molecule has 6 rings (SSSR count). The molecule has 0 radical (unpaired) electrons. The maximum atomic E-state index is 13.4. The zero-order chi connectivity index (χ0) is 24.5. The summed E-state index contributed by atoms with van der Waals surface area (Å²) in [6.07, 6.45) is 4.54. The van der Waals surface area contributed by atoms with Crippen LogP contribution < -0.4 is 9.47 Å². The number of carbonyl (C=O) groups is 2. The number of ether oxygens (including phenoxy) is 4. The molecule has 1 amide bonds. The van der Waals surface area contributed by atoms with Crippen LogP contribution in [0.15, 0.2) is 42.5 Å². The number of amides is 1. The van der Waals surface area contributed by atoms with Gasteiger partial charge < -0.3 is 23.8 Å². The number of hydrogen-bond donors (Lipinski definition) is 0. The number of fused-ring (bicyclic) bond motifs is 3. The number of nitrogens with zero attached hydrogens (tertiary/aromatic N) is 2. The number of esters is 1. The van der Waals surface area contributed by atoms with Gasteiger partial charge in [0.05, 0.1) is 30.0 Å². The molecule has 2 aromatic carbocycles. The fourth-order valence-electron chi connectivity index (χ4n) is 5.02. The van der Waals surface area contributed by atoms with Crippen molar-refractivity contribution in [2.75, 3.05) is 39.7 Å². The Morgan fingerprint density at radius 2 is 1.86 bits per heavy atom. The van der Waals surface area contributed by atoms with Crippen molar-refractivity contribution in [2.24, 2.45) is 0 Å². The number of hydrogen-bond acceptors (Lipinski definition) is 7. The molecule has 3 aromatic rings. The molecule has 8 heteroatoms. The molecule has 1 aromatic heterocycles. The van der Waals surface area contributed by atoms with Crippen LogP contribution in [0.2, 0.25) is 0 Å². The molecule has 0 N–H and O–H groups in total. The van der Waals surface area contributed by atoms with E-state index in [4.69, 9.17) is 23.9 Å². The summed E-state index contributed by atoms with van der Waals surface area (Å²) in [7, 11) is 0. The highest BCUT2D eigenvalue weighted by Crippen LogP contribution is 2.38. The molecule has 36 heavy (non-hydrogen) atoms. The molecule has 3 heterocycles. The molecule has 184 valence electrons. The van der Waals surface area contributed by atoms with Crippen LogP contribution in [-0.4, -0.2) is 61.5 Å². The van der Waals surface area contributed by atoms with Crippen LogP contribution in [0.5, 0.6) is 11.5 Å². The minimum Gasteiger partial charge on any atom is -0.454 e. The molecule has 0 saturated carbocycles. The summed E-state index contributed by atoms with van der Waals surface area (Å²) in [6.45, 7) is 1.96. The monoisotopic (exact) mass is 486 g/mol. The van der Waals surface area contributed by atoms with Gasteiger partial charge in [-0.3, -0.25) is 4.79 Å². The quantitative estimate of drug-likeness (QED) is 0.518. The standard InChI is InChI=1S/C28H26N2O6/c31-25(30-10-12-33-13-11-30)16-34-28(32)26-20-5-1-2-7-22(20)29-27-19(4-3-6-21(26)27)14-18-8-9-23-24(15-18)36-17-35-23/h1-2,5,7-9,14-15H,3-4,6,10-13,16-17H2. The molecule has 1 saturated heterocycles. The first-order valence-electron chi connectivity index (χ1n) is 12.2. The average molecular weight is 487 g/mol. The van der Waals surface area contributed by atoms with E-state index < -0.39 is 5.97 Å². The van der Waals surface area contributed by atoms with Gasteiger partial charge in [-0.2, -0.15) is 0 Å². The Kier molecular flexibility index (Phi) is 6.03. The lowest BCUT2D eigenvalue weighted by Crippen LogP contribution is -2.42. The van der Waals surface area contributed by atoms with Gasteiger partial charge in [-0.05, 0) is 60.2 Å². The van der Waals surface area contributed by atoms with Gasteiger partial charge in [0, 0.05) is 18.5 Å². The Bertz CT molecular complexity index is 1380. The van der Waals surface area contributed by atoms with E-state index in [0.717, 1.165) is 57.6 Å². The van der Waals surface area contributed by atoms with E-state index in [2.05, 4.69) is 6.08 Å². The van der Waals surface area contributed by atoms with Gasteiger partial charge in [0.1, 0.15) is 0 Å². The predicted molar refractivity (Wildman–Crippen MR) is 133 cm³/mol. The highest BCUT2D eigenvalue weighted by atomic mass is 16.7. The van der Waals surface area contributed by atoms with Crippen molar-refractivity contribution in [1.82, 2.24) is 9.88 Å². The van der Waals surface area contributed by atoms with E-state index >= 15 is 0 Å². The first-order valence-corrected chi connectivity index (χ1v) is 12.2. The van der Waals surface area contributed by atoms with Crippen LogP contribution in [0.3, 0.4) is 0 Å². The van der Waals surface area contributed by atoms with Crippen LogP contribution in [-0.2, 0) is 20.7 Å². The van der Waals surface area contributed by atoms with E-state index in [1.807, 2.05) is 42.5 Å². The van der Waals surface area contributed by atoms with Crippen molar-refractivity contribution in [3.8, 4) is 11.5 Å². The molecule has 1 fully saturated rings. The van der Waals surface area contributed by atoms with Gasteiger partial charge in [-0.25, -0.2) is 9.78 Å². The fraction of sp³-hybridized carbons (Fsp3) is 0.321. The number of morpholine rings is 1. The van der Waals surface area contributed by atoms with Crippen LogP contribution >= 0.6 is 0 Å². The Morgan fingerprint density at radius 3 is 2.75 bits per heavy atom. The molecule has 0 bridgehead atoms. The second-order valence-electron chi connectivity index (χ2n) is 9.04. The molecular formula is C28H26N2O6. The first kappa shape index (κ1) is 22.5. The van der Waals surface area contributed by atoms with Crippen molar-refractivity contribution in [3.63, 3.8) is 0 Å². The van der Waals surface area contributed by atoms with Crippen LogP contribution in [0.1, 0.15) is 40.0 Å². The molecular weight excluding hydrogens is 460 g/mol. The molecule has 1 aliphatic carbocycles. The SMILES string of the molecule is O=C(OCC(=O)N1CCOCC1)c1c2c(nc3ccccc13)C(=Cc1ccc3c(c1)OCO3)CCC2. The maximum Gasteiger partial charge on any atom is 0.339 e. The van der Waals surface area contributed by atoms with Gasteiger partial charge in [0.15, 0.2) is 18.1 Å². The lowest BCUT2D eigenvalue weighted by molar-refractivity contribution is -0.138. The minimum atomic E-state index is -0.490. The summed E-state index contributed by atoms with van der Waals surface area (Å²) in [5, 5.41) is 0.740. The predicted octanol–water partition coefficient (Wildman–Crippen LogP) is 3.86. The number of para-hydroxylation sites is 1. The van der Waals surface area contributed by atoms with Crippen LogP contribution in [0.25, 0.3) is 22.6 Å². The average Bonchev–Trinajstić information content (AvgIpc) is 3.39. The highest BCUT2D eigenvalue weighted by molar-refractivity contribution is 6.07. The molecule has 2 aliphatic heterocycles. The summed E-state index contributed by atoms with van der Waals surface area (Å²) in [5.74, 6) is 0.765. The van der Waals surface area contributed by atoms with Crippen LogP contribution in [0.4, 0.5) is 0 Å². The Hall–Kier alpha value is -3.91. The summed E-state index contributed by atoms with van der Waals surface area (Å²) >= 11 is 0. The number of pyridine rings is 1. The zero-order valence-corrected chi connectivity index (χ0v) is 19.8. The van der Waals surface area contributed by atoms with Gasteiger partial charge >= 0.3 is 5.97 Å². The maximum absolute atomic E-state index is 13.4. The zero-order valence-electron chi connectivity index (χ0n) is 19.8. The van der Waals surface area contributed by atoms with E-state index in [1.165, 1.54) is 0 Å². The number of rotatable bonds is 4. The number of allylic oxidation sites excluding steroid dienone is 1. The Labute approximate surface area is 208 Å². The molecule has 8 nitrogen and oxygen atoms in total. The second kappa shape index (κ2) is 9.62. The summed E-state index contributed by atoms with van der Waals surface area (Å²) < 4.78 is 21.8. The van der Waals surface area contributed by atoms with Gasteiger partial charge in [-0.15, -0.1) is 0 Å². The first-order chi connectivity index (χ1) is 17.7. The highest BCUT2D eigenvalue weighted by Gasteiger charge is 2.27. The third kappa shape index (κ3) is 4.28. The topological polar surface area (TPSA) is 87.2 Å². The van der Waals surface area contributed by atoms with Crippen LogP contribution in [0, 0.1) is 0 Å². The van der Waals surface area contributed by atoms with E-state index in [0.29, 0.717) is 38.3 Å². The van der Waals surface area contributed by atoms with Crippen molar-refractivity contribution >= 4 is 34.4 Å². The third-order valence-electron chi connectivity index (χ3n) is 6.80. The molecule has 3 aliphatic rings. The van der Waals surface area contributed by atoms with E-state index in [-0.39, 0.29) is 19.3 Å². The van der Waals surface area contributed by atoms with Crippen molar-refractivity contribution in [1.29, 1.82) is 0 Å². The summed E-state index contributed by atoms with van der Waals surface area (Å²) in [4.78, 5) is 32.6. The molecule has 0 spiro atoms. The number of benzene rings is 2. The van der Waals surface area contributed by atoms with Gasteiger partial charge in [0.2, 0.25) is 6.79 Å². The summed E-state index contributed by atoms with van der Waals surface area (Å²) in [6, 6.07) is 13.4. The smallest absolute Gasteiger partial charge is 0.339 e. The normalized spacial score (nSPS) is 17.8. The fourth-order valence-corrected chi connectivity index (χ4v) is 5.02. The third-order valence-corrected chi connectivity index (χ3v) is 6.80. The second-order valence-corrected chi connectivity index (χ2v) is 9.04. The number of carbonyl (C=O) groups excluding carboxylic acids is 2. The van der Waals surface area contributed by atoms with Crippen molar-refractivity contribution in [2.45, 2.75) is 19.3 Å². The lowest BCUT2D eigenvalue weighted by Gasteiger charge is -2.27. The Morgan fingerprint density at radius 1 is 1.03 bits per heavy atom. The summed E-state index contributed by atoms with van der Waals surface area (Å²) in [5.41, 5.74) is 4.94. The molecule has 0 unspecified atom stereocenters. The number of aromatic nitrogens is 1. The molecule has 0 atom stereocenters. The van der Waals surface area contributed by atoms with Crippen molar-refractivity contribution < 1.29 is 28.5 Å². The minimum absolute atomic E-state index is 0.206. The van der Waals surface area contributed by atoms with Gasteiger partial charge in [-0.1, -0.05) is 24.3 Å². The van der Waals surface area contributed by atoms with E-state index in [9.17, 15) is 9.59 Å². The van der Waals surface area contributed by atoms with E-state index in [1.54, 1.807) is 4.90 Å².